The van der Waals surface area contributed by atoms with Crippen LogP contribution in [0.3, 0.4) is 0 Å². The van der Waals surface area contributed by atoms with Crippen LogP contribution in [0.15, 0.2) is 71.2 Å². The molecular weight excluding hydrogens is 500 g/mol. The lowest BCUT2D eigenvalue weighted by molar-refractivity contribution is -0.139. The molecule has 0 bridgehead atoms. The zero-order valence-electron chi connectivity index (χ0n) is 18.4. The largest absolute Gasteiger partial charge is 0.481 e. The molecule has 8 heteroatoms. The Bertz CT molecular complexity index is 1190. The first kappa shape index (κ1) is 23.5. The molecule has 1 aliphatic rings. The molecule has 1 unspecified atom stereocenters. The second-order valence-electron chi connectivity index (χ2n) is 8.13. The van der Waals surface area contributed by atoms with Crippen LogP contribution in [0.5, 0.6) is 0 Å². The van der Waals surface area contributed by atoms with Crippen molar-refractivity contribution in [3.05, 3.63) is 87.9 Å². The molecule has 3 aromatic rings. The van der Waals surface area contributed by atoms with Gasteiger partial charge in [0, 0.05) is 16.1 Å². The fourth-order valence-electron chi connectivity index (χ4n) is 4.20. The molecule has 0 spiro atoms. The van der Waals surface area contributed by atoms with Gasteiger partial charge in [-0.15, -0.1) is 0 Å². The third-order valence-electron chi connectivity index (χ3n) is 5.64. The highest BCUT2D eigenvalue weighted by molar-refractivity contribution is 9.10. The van der Waals surface area contributed by atoms with Gasteiger partial charge in [-0.05, 0) is 52.9 Å². The van der Waals surface area contributed by atoms with Gasteiger partial charge < -0.3 is 20.5 Å². The number of hydrogen-bond donors (Lipinski definition) is 3. The first-order chi connectivity index (χ1) is 16.3. The van der Waals surface area contributed by atoms with Crippen LogP contribution in [-0.2, 0) is 14.3 Å². The lowest BCUT2D eigenvalue weighted by Crippen LogP contribution is -2.45. The summed E-state index contributed by atoms with van der Waals surface area (Å²) in [5.41, 5.74) is 5.70. The Morgan fingerprint density at radius 2 is 1.62 bits per heavy atom. The second-order valence-corrected chi connectivity index (χ2v) is 9.04. The molecule has 0 fully saturated rings. The van der Waals surface area contributed by atoms with Crippen molar-refractivity contribution in [1.82, 2.24) is 5.32 Å². The lowest BCUT2D eigenvalue weighted by Gasteiger charge is -2.19. The summed E-state index contributed by atoms with van der Waals surface area (Å²) in [4.78, 5) is 36.6. The number of carbonyl (C=O) groups is 3. The Morgan fingerprint density at radius 1 is 1.00 bits per heavy atom. The number of benzene rings is 3. The van der Waals surface area contributed by atoms with Crippen molar-refractivity contribution in [2.24, 2.45) is 0 Å². The van der Waals surface area contributed by atoms with Gasteiger partial charge in [-0.3, -0.25) is 9.59 Å². The molecule has 0 aromatic heterocycles. The smallest absolute Gasteiger partial charge is 0.407 e. The van der Waals surface area contributed by atoms with E-state index >= 15 is 0 Å². The molecule has 1 atom stereocenters. The van der Waals surface area contributed by atoms with E-state index in [4.69, 9.17) is 4.74 Å². The number of nitrogens with one attached hydrogen (secondary N) is 2. The van der Waals surface area contributed by atoms with Gasteiger partial charge in [-0.2, -0.15) is 0 Å². The SMILES string of the molecule is Cc1cc(Br)cc(NC(=O)C(CC(=O)O)NC(=O)OCC2c3ccccc3-c3ccccc32)c1. The quantitative estimate of drug-likeness (QED) is 0.401. The minimum Gasteiger partial charge on any atom is -0.481 e. The topological polar surface area (TPSA) is 105 Å². The zero-order chi connectivity index (χ0) is 24.2. The number of carboxylic acids is 1. The summed E-state index contributed by atoms with van der Waals surface area (Å²) in [6, 6.07) is 19.9. The molecule has 0 saturated heterocycles. The molecule has 0 saturated carbocycles. The number of carboxylic acid groups (broad SMARTS) is 1. The number of carbonyl (C=O) groups excluding carboxylic acids is 2. The highest BCUT2D eigenvalue weighted by atomic mass is 79.9. The van der Waals surface area contributed by atoms with Crippen LogP contribution in [0.1, 0.15) is 29.0 Å². The van der Waals surface area contributed by atoms with Crippen molar-refractivity contribution >= 4 is 39.6 Å². The zero-order valence-corrected chi connectivity index (χ0v) is 20.0. The summed E-state index contributed by atoms with van der Waals surface area (Å²) in [7, 11) is 0. The predicted molar refractivity (Wildman–Crippen MR) is 132 cm³/mol. The van der Waals surface area contributed by atoms with Gasteiger partial charge in [0.1, 0.15) is 12.6 Å². The van der Waals surface area contributed by atoms with Crippen molar-refractivity contribution in [1.29, 1.82) is 0 Å². The molecule has 174 valence electrons. The van der Waals surface area contributed by atoms with E-state index in [1.807, 2.05) is 61.5 Å². The van der Waals surface area contributed by atoms with Crippen LogP contribution >= 0.6 is 15.9 Å². The van der Waals surface area contributed by atoms with Crippen LogP contribution < -0.4 is 10.6 Å². The number of anilines is 1. The van der Waals surface area contributed by atoms with Gasteiger partial charge in [0.15, 0.2) is 0 Å². The molecule has 0 aliphatic heterocycles. The first-order valence-corrected chi connectivity index (χ1v) is 11.5. The Morgan fingerprint density at radius 3 is 2.21 bits per heavy atom. The summed E-state index contributed by atoms with van der Waals surface area (Å²) in [6.45, 7) is 1.93. The van der Waals surface area contributed by atoms with Crippen molar-refractivity contribution in [3.8, 4) is 11.1 Å². The van der Waals surface area contributed by atoms with Gasteiger partial charge in [-0.1, -0.05) is 64.5 Å². The summed E-state index contributed by atoms with van der Waals surface area (Å²) in [5, 5.41) is 14.3. The normalized spacial score (nSPS) is 12.9. The molecule has 3 N–H and O–H groups in total. The second kappa shape index (κ2) is 10.1. The monoisotopic (exact) mass is 522 g/mol. The molecular formula is C26H23BrN2O5. The fraction of sp³-hybridized carbons (Fsp3) is 0.192. The van der Waals surface area contributed by atoms with Gasteiger partial charge >= 0.3 is 12.1 Å². The number of alkyl carbamates (subject to hydrolysis) is 1. The fourth-order valence-corrected chi connectivity index (χ4v) is 4.81. The van der Waals surface area contributed by atoms with E-state index in [1.54, 1.807) is 12.1 Å². The molecule has 34 heavy (non-hydrogen) atoms. The Hall–Kier alpha value is -3.65. The number of rotatable bonds is 7. The van der Waals surface area contributed by atoms with Crippen molar-refractivity contribution in [2.45, 2.75) is 25.3 Å². The van der Waals surface area contributed by atoms with Crippen LogP contribution in [0.4, 0.5) is 10.5 Å². The number of amides is 2. The highest BCUT2D eigenvalue weighted by Gasteiger charge is 2.30. The molecule has 3 aromatic carbocycles. The van der Waals surface area contributed by atoms with Crippen LogP contribution in [0, 0.1) is 6.92 Å². The van der Waals surface area contributed by atoms with Gasteiger partial charge in [0.05, 0.1) is 6.42 Å². The van der Waals surface area contributed by atoms with E-state index in [2.05, 4.69) is 26.6 Å². The average Bonchev–Trinajstić information content (AvgIpc) is 3.10. The third kappa shape index (κ3) is 5.28. The Labute approximate surface area is 205 Å². The van der Waals surface area contributed by atoms with Crippen LogP contribution in [-0.4, -0.2) is 35.7 Å². The predicted octanol–water partition coefficient (Wildman–Crippen LogP) is 5.08. The maximum atomic E-state index is 12.7. The molecule has 4 rings (SSSR count). The molecule has 2 amide bonds. The Kier molecular flexibility index (Phi) is 6.98. The first-order valence-electron chi connectivity index (χ1n) is 10.7. The van der Waals surface area contributed by atoms with E-state index in [0.29, 0.717) is 5.69 Å². The summed E-state index contributed by atoms with van der Waals surface area (Å²) in [5.74, 6) is -2.01. The van der Waals surface area contributed by atoms with Crippen LogP contribution in [0.25, 0.3) is 11.1 Å². The van der Waals surface area contributed by atoms with E-state index in [0.717, 1.165) is 32.3 Å². The van der Waals surface area contributed by atoms with E-state index in [9.17, 15) is 19.5 Å². The number of aryl methyl sites for hydroxylation is 1. The van der Waals surface area contributed by atoms with Crippen LogP contribution in [0.2, 0.25) is 0 Å². The number of halogens is 1. The molecule has 7 nitrogen and oxygen atoms in total. The maximum Gasteiger partial charge on any atom is 0.407 e. The summed E-state index contributed by atoms with van der Waals surface area (Å²) in [6.07, 6.45) is -1.43. The maximum absolute atomic E-state index is 12.7. The highest BCUT2D eigenvalue weighted by Crippen LogP contribution is 2.44. The van der Waals surface area contributed by atoms with Gasteiger partial charge in [-0.25, -0.2) is 4.79 Å². The number of fused-ring (bicyclic) bond motifs is 3. The van der Waals surface area contributed by atoms with Crippen molar-refractivity contribution < 1.29 is 24.2 Å². The minimum absolute atomic E-state index is 0.0616. The molecule has 0 radical (unpaired) electrons. The summed E-state index contributed by atoms with van der Waals surface area (Å²) >= 11 is 3.36. The van der Waals surface area contributed by atoms with Crippen molar-refractivity contribution in [3.63, 3.8) is 0 Å². The third-order valence-corrected chi connectivity index (χ3v) is 6.10. The summed E-state index contributed by atoms with van der Waals surface area (Å²) < 4.78 is 6.23. The van der Waals surface area contributed by atoms with E-state index in [1.165, 1.54) is 0 Å². The van der Waals surface area contributed by atoms with Crippen molar-refractivity contribution in [2.75, 3.05) is 11.9 Å². The average molecular weight is 523 g/mol. The number of hydrogen-bond acceptors (Lipinski definition) is 4. The van der Waals surface area contributed by atoms with Gasteiger partial charge in [0.25, 0.3) is 0 Å². The minimum atomic E-state index is -1.30. The van der Waals surface area contributed by atoms with E-state index in [-0.39, 0.29) is 12.5 Å². The number of ether oxygens (including phenoxy) is 1. The van der Waals surface area contributed by atoms with Gasteiger partial charge in [0.2, 0.25) is 5.91 Å². The lowest BCUT2D eigenvalue weighted by atomic mass is 9.98. The van der Waals surface area contributed by atoms with E-state index < -0.39 is 30.4 Å². The molecule has 0 heterocycles. The molecule has 1 aliphatic carbocycles. The number of aliphatic carboxylic acids is 1. The Balaban J connectivity index is 1.43. The standard InChI is InChI=1S/C26H23BrN2O5/c1-15-10-16(27)12-17(11-15)28-25(32)23(13-24(30)31)29-26(33)34-14-22-20-8-4-2-6-18(20)19-7-3-5-9-21(19)22/h2-12,22-23H,13-14H2,1H3,(H,28,32)(H,29,33)(H,30,31).